The van der Waals surface area contributed by atoms with E-state index in [4.69, 9.17) is 9.47 Å². The molecule has 7 heteroatoms. The minimum absolute atomic E-state index is 0.148. The van der Waals surface area contributed by atoms with Gasteiger partial charge in [0.05, 0.1) is 30.8 Å². The largest absolute Gasteiger partial charge is 0.379 e. The third-order valence-corrected chi connectivity index (χ3v) is 8.40. The fraction of sp³-hybridized carbons (Fsp3) is 0.700. The van der Waals surface area contributed by atoms with Crippen molar-refractivity contribution in [2.75, 3.05) is 52.5 Å². The normalized spacial score (nSPS) is 27.2. The van der Waals surface area contributed by atoms with Gasteiger partial charge in [-0.1, -0.05) is 18.2 Å². The van der Waals surface area contributed by atoms with Crippen LogP contribution in [0.25, 0.3) is 0 Å². The summed E-state index contributed by atoms with van der Waals surface area (Å²) in [5.41, 5.74) is 0.960. The molecule has 4 rings (SSSR count). The highest BCUT2D eigenvalue weighted by Crippen LogP contribution is 2.43. The maximum atomic E-state index is 13.0. The number of benzene rings is 1. The standard InChI is InChI=1S/C20H30N2O4S/c1-17-4-2-3-5-19(17)27(23,24)22-8-6-20(7-9-22)14-18(26-16-20)15-21-10-12-25-13-11-21/h2-5,18H,6-16H2,1H3/t18-/m1/s1. The van der Waals surface area contributed by atoms with Crippen LogP contribution in [0, 0.1) is 12.3 Å². The molecule has 3 fully saturated rings. The quantitative estimate of drug-likeness (QED) is 0.781. The van der Waals surface area contributed by atoms with Crippen molar-refractivity contribution >= 4 is 10.0 Å². The van der Waals surface area contributed by atoms with Gasteiger partial charge in [0.25, 0.3) is 0 Å². The summed E-state index contributed by atoms with van der Waals surface area (Å²) in [6.07, 6.45) is 3.08. The number of sulfonamides is 1. The number of hydrogen-bond donors (Lipinski definition) is 0. The maximum absolute atomic E-state index is 13.0. The summed E-state index contributed by atoms with van der Waals surface area (Å²) < 4.78 is 39.2. The van der Waals surface area contributed by atoms with Crippen LogP contribution in [0.2, 0.25) is 0 Å². The van der Waals surface area contributed by atoms with E-state index < -0.39 is 10.0 Å². The van der Waals surface area contributed by atoms with E-state index >= 15 is 0 Å². The fourth-order valence-electron chi connectivity index (χ4n) is 4.62. The van der Waals surface area contributed by atoms with Crippen molar-refractivity contribution in [2.45, 2.75) is 37.2 Å². The first kappa shape index (κ1) is 19.3. The minimum atomic E-state index is -3.40. The fourth-order valence-corrected chi connectivity index (χ4v) is 6.29. The number of ether oxygens (including phenoxy) is 2. The van der Waals surface area contributed by atoms with Crippen molar-refractivity contribution in [2.24, 2.45) is 5.41 Å². The molecule has 0 aromatic heterocycles. The first-order valence-electron chi connectivity index (χ1n) is 9.96. The molecular weight excluding hydrogens is 364 g/mol. The van der Waals surface area contributed by atoms with E-state index in [1.165, 1.54) is 0 Å². The van der Waals surface area contributed by atoms with Crippen LogP contribution in [0.4, 0.5) is 0 Å². The molecule has 1 aromatic carbocycles. The Balaban J connectivity index is 1.35. The van der Waals surface area contributed by atoms with Gasteiger partial charge < -0.3 is 9.47 Å². The smallest absolute Gasteiger partial charge is 0.243 e. The van der Waals surface area contributed by atoms with Gasteiger partial charge in [0.1, 0.15) is 0 Å². The predicted octanol–water partition coefficient (Wildman–Crippen LogP) is 1.89. The zero-order chi connectivity index (χ0) is 18.9. The van der Waals surface area contributed by atoms with Gasteiger partial charge >= 0.3 is 0 Å². The molecule has 1 aromatic rings. The van der Waals surface area contributed by atoms with Crippen LogP contribution in [-0.4, -0.2) is 76.3 Å². The first-order chi connectivity index (χ1) is 13.0. The second-order valence-electron chi connectivity index (χ2n) is 8.22. The molecule has 0 unspecified atom stereocenters. The molecule has 3 heterocycles. The van der Waals surface area contributed by atoms with Crippen LogP contribution in [0.15, 0.2) is 29.2 Å². The van der Waals surface area contributed by atoms with E-state index in [2.05, 4.69) is 4.90 Å². The molecule has 6 nitrogen and oxygen atoms in total. The Bertz CT molecular complexity index is 753. The number of morpholine rings is 1. The molecule has 27 heavy (non-hydrogen) atoms. The van der Waals surface area contributed by atoms with Crippen molar-refractivity contribution in [3.8, 4) is 0 Å². The summed E-state index contributed by atoms with van der Waals surface area (Å²) in [4.78, 5) is 2.86. The molecule has 0 aliphatic carbocycles. The van der Waals surface area contributed by atoms with Crippen LogP contribution in [0.1, 0.15) is 24.8 Å². The van der Waals surface area contributed by atoms with Crippen molar-refractivity contribution in [1.82, 2.24) is 9.21 Å². The molecule has 3 aliphatic heterocycles. The van der Waals surface area contributed by atoms with E-state index in [9.17, 15) is 8.42 Å². The van der Waals surface area contributed by atoms with Gasteiger partial charge in [0, 0.05) is 32.7 Å². The van der Waals surface area contributed by atoms with E-state index in [1.54, 1.807) is 16.4 Å². The third kappa shape index (κ3) is 4.07. The van der Waals surface area contributed by atoms with E-state index in [0.717, 1.165) is 64.3 Å². The minimum Gasteiger partial charge on any atom is -0.379 e. The number of nitrogens with zero attached hydrogens (tertiary/aromatic N) is 2. The van der Waals surface area contributed by atoms with Crippen molar-refractivity contribution in [3.05, 3.63) is 29.8 Å². The lowest BCUT2D eigenvalue weighted by Crippen LogP contribution is -2.44. The number of rotatable bonds is 4. The summed E-state index contributed by atoms with van der Waals surface area (Å²) in [6.45, 7) is 8.35. The van der Waals surface area contributed by atoms with E-state index in [1.807, 2.05) is 19.1 Å². The summed E-state index contributed by atoms with van der Waals surface area (Å²) in [5.74, 6) is 0. The lowest BCUT2D eigenvalue weighted by molar-refractivity contribution is 0.00567. The van der Waals surface area contributed by atoms with Gasteiger partial charge in [-0.3, -0.25) is 4.90 Å². The molecule has 0 amide bonds. The second kappa shape index (κ2) is 7.79. The highest BCUT2D eigenvalue weighted by Gasteiger charge is 2.44. The predicted molar refractivity (Wildman–Crippen MR) is 103 cm³/mol. The highest BCUT2D eigenvalue weighted by molar-refractivity contribution is 7.89. The molecule has 0 bridgehead atoms. The van der Waals surface area contributed by atoms with E-state index in [0.29, 0.717) is 18.0 Å². The molecule has 3 saturated heterocycles. The van der Waals surface area contributed by atoms with Crippen LogP contribution in [0.3, 0.4) is 0 Å². The third-order valence-electron chi connectivity index (χ3n) is 6.35. The zero-order valence-electron chi connectivity index (χ0n) is 16.1. The molecule has 0 saturated carbocycles. The molecule has 0 radical (unpaired) electrons. The Labute approximate surface area is 162 Å². The Kier molecular flexibility index (Phi) is 5.58. The maximum Gasteiger partial charge on any atom is 0.243 e. The Morgan fingerprint density at radius 3 is 2.52 bits per heavy atom. The van der Waals surface area contributed by atoms with Crippen LogP contribution < -0.4 is 0 Å². The van der Waals surface area contributed by atoms with Gasteiger partial charge in [0.15, 0.2) is 0 Å². The van der Waals surface area contributed by atoms with Crippen molar-refractivity contribution in [1.29, 1.82) is 0 Å². The van der Waals surface area contributed by atoms with E-state index in [-0.39, 0.29) is 11.5 Å². The van der Waals surface area contributed by atoms with Crippen molar-refractivity contribution in [3.63, 3.8) is 0 Å². The average Bonchev–Trinajstić information content (AvgIpc) is 3.05. The molecular formula is C20H30N2O4S. The SMILES string of the molecule is Cc1ccccc1S(=O)(=O)N1CCC2(CC1)CO[C@@H](CN1CCOCC1)C2. The van der Waals surface area contributed by atoms with Gasteiger partial charge in [0.2, 0.25) is 10.0 Å². The molecule has 1 spiro atoms. The Hall–Kier alpha value is -0.990. The lowest BCUT2D eigenvalue weighted by atomic mass is 9.77. The van der Waals surface area contributed by atoms with Crippen LogP contribution in [-0.2, 0) is 19.5 Å². The summed E-state index contributed by atoms with van der Waals surface area (Å²) in [7, 11) is -3.40. The van der Waals surface area contributed by atoms with Gasteiger partial charge in [-0.05, 0) is 43.2 Å². The average molecular weight is 395 g/mol. The Morgan fingerprint density at radius 1 is 1.11 bits per heavy atom. The van der Waals surface area contributed by atoms with Gasteiger partial charge in [-0.25, -0.2) is 8.42 Å². The number of piperidine rings is 1. The summed E-state index contributed by atoms with van der Waals surface area (Å²) >= 11 is 0. The number of aryl methyl sites for hydroxylation is 1. The van der Waals surface area contributed by atoms with Crippen molar-refractivity contribution < 1.29 is 17.9 Å². The molecule has 0 N–H and O–H groups in total. The highest BCUT2D eigenvalue weighted by atomic mass is 32.2. The molecule has 3 aliphatic rings. The van der Waals surface area contributed by atoms with Gasteiger partial charge in [-0.15, -0.1) is 0 Å². The summed E-state index contributed by atoms with van der Waals surface area (Å²) in [6, 6.07) is 7.25. The topological polar surface area (TPSA) is 59.1 Å². The van der Waals surface area contributed by atoms with Crippen LogP contribution in [0.5, 0.6) is 0 Å². The monoisotopic (exact) mass is 394 g/mol. The van der Waals surface area contributed by atoms with Gasteiger partial charge in [-0.2, -0.15) is 4.31 Å². The lowest BCUT2D eigenvalue weighted by Gasteiger charge is -2.38. The Morgan fingerprint density at radius 2 is 1.81 bits per heavy atom. The summed E-state index contributed by atoms with van der Waals surface area (Å²) in [5, 5.41) is 0. The molecule has 1 atom stereocenters. The molecule has 150 valence electrons. The zero-order valence-corrected chi connectivity index (χ0v) is 16.9. The second-order valence-corrected chi connectivity index (χ2v) is 10.1. The first-order valence-corrected chi connectivity index (χ1v) is 11.4. The van der Waals surface area contributed by atoms with Crippen LogP contribution >= 0.6 is 0 Å². The number of hydrogen-bond acceptors (Lipinski definition) is 5.